The molecule has 0 amide bonds. The number of hydrogen-bond donors (Lipinski definition) is 0. The van der Waals surface area contributed by atoms with Gasteiger partial charge in [0.1, 0.15) is 0 Å². The number of hydrogen-bond acceptors (Lipinski definition) is 1. The van der Waals surface area contributed by atoms with Crippen LogP contribution >= 0.6 is 0 Å². The summed E-state index contributed by atoms with van der Waals surface area (Å²) in [5.41, 5.74) is -6.64. The second kappa shape index (κ2) is 6.85. The summed E-state index contributed by atoms with van der Waals surface area (Å²) in [6.07, 6.45) is 0.914. The molecule has 0 radical (unpaired) electrons. The highest BCUT2D eigenvalue weighted by Gasteiger charge is 2.73. The minimum Gasteiger partial charge on any atom is -0.378 e. The first-order valence-electron chi connectivity index (χ1n) is 8.02. The molecule has 0 N–H and O–H groups in total. The average Bonchev–Trinajstić information content (AvgIpc) is 2.36. The molecule has 6 heteroatoms. The van der Waals surface area contributed by atoms with Crippen LogP contribution in [0.4, 0.5) is 22.0 Å². The van der Waals surface area contributed by atoms with Crippen molar-refractivity contribution in [1.29, 1.82) is 0 Å². The molecule has 0 saturated carbocycles. The van der Waals surface area contributed by atoms with Crippen molar-refractivity contribution in [2.24, 2.45) is 10.8 Å². The zero-order valence-electron chi connectivity index (χ0n) is 15.5. The van der Waals surface area contributed by atoms with E-state index in [4.69, 9.17) is 4.74 Å². The first kappa shape index (κ1) is 22.6. The first-order chi connectivity index (χ1) is 9.95. The predicted octanol–water partition coefficient (Wildman–Crippen LogP) is 6.26. The van der Waals surface area contributed by atoms with Gasteiger partial charge in [-0.05, 0) is 39.0 Å². The van der Waals surface area contributed by atoms with Crippen molar-refractivity contribution in [2.45, 2.75) is 91.8 Å². The second-order valence-electron chi connectivity index (χ2n) is 7.97. The molecule has 0 bridgehead atoms. The molecule has 0 aliphatic heterocycles. The molecule has 140 valence electrons. The van der Waals surface area contributed by atoms with Crippen LogP contribution in [-0.4, -0.2) is 30.2 Å². The van der Waals surface area contributed by atoms with Crippen LogP contribution in [0.25, 0.3) is 0 Å². The normalized spacial score (nSPS) is 16.6. The smallest absolute Gasteiger partial charge is 0.343 e. The van der Waals surface area contributed by atoms with Gasteiger partial charge in [0.05, 0.1) is 6.10 Å². The van der Waals surface area contributed by atoms with Crippen LogP contribution < -0.4 is 0 Å². The summed E-state index contributed by atoms with van der Waals surface area (Å²) < 4.78 is 76.6. The van der Waals surface area contributed by atoms with E-state index in [0.717, 1.165) is 20.3 Å². The Morgan fingerprint density at radius 3 is 1.61 bits per heavy atom. The minimum absolute atomic E-state index is 0.0272. The summed E-state index contributed by atoms with van der Waals surface area (Å²) >= 11 is 0. The summed E-state index contributed by atoms with van der Waals surface area (Å²) in [5, 5.41) is 0. The van der Waals surface area contributed by atoms with E-state index in [1.165, 1.54) is 13.8 Å². The molecular weight excluding hydrogens is 315 g/mol. The Kier molecular flexibility index (Phi) is 6.73. The third kappa shape index (κ3) is 4.18. The Balaban J connectivity index is 5.41. The van der Waals surface area contributed by atoms with Crippen molar-refractivity contribution in [3.05, 3.63) is 0 Å². The van der Waals surface area contributed by atoms with Gasteiger partial charge in [-0.2, -0.15) is 17.6 Å². The van der Waals surface area contributed by atoms with Gasteiger partial charge >= 0.3 is 11.8 Å². The lowest BCUT2D eigenvalue weighted by Crippen LogP contribution is -2.63. The summed E-state index contributed by atoms with van der Waals surface area (Å²) in [5.74, 6) is -9.30. The van der Waals surface area contributed by atoms with Crippen molar-refractivity contribution in [3.63, 3.8) is 0 Å². The molecule has 0 aromatic rings. The molecule has 0 heterocycles. The van der Waals surface area contributed by atoms with Crippen LogP contribution in [-0.2, 0) is 4.74 Å². The van der Waals surface area contributed by atoms with E-state index in [0.29, 0.717) is 13.8 Å². The fourth-order valence-corrected chi connectivity index (χ4v) is 2.14. The molecule has 1 unspecified atom stereocenters. The predicted molar refractivity (Wildman–Crippen MR) is 83.0 cm³/mol. The maximum absolute atomic E-state index is 14.6. The topological polar surface area (TPSA) is 9.23 Å². The minimum atomic E-state index is -4.78. The van der Waals surface area contributed by atoms with Gasteiger partial charge < -0.3 is 4.74 Å². The highest BCUT2D eigenvalue weighted by molar-refractivity contribution is 5.08. The largest absolute Gasteiger partial charge is 0.378 e. The molecule has 0 aromatic carbocycles. The van der Waals surface area contributed by atoms with Crippen molar-refractivity contribution in [3.8, 4) is 0 Å². The van der Waals surface area contributed by atoms with E-state index >= 15 is 0 Å². The fraction of sp³-hybridized carbons (Fsp3) is 1.00. The second-order valence-corrected chi connectivity index (χ2v) is 7.97. The van der Waals surface area contributed by atoms with Crippen molar-refractivity contribution in [2.75, 3.05) is 6.61 Å². The Hall–Kier alpha value is -0.390. The van der Waals surface area contributed by atoms with Gasteiger partial charge in [0.25, 0.3) is 0 Å². The molecule has 0 aliphatic rings. The van der Waals surface area contributed by atoms with E-state index in [2.05, 4.69) is 0 Å². The van der Waals surface area contributed by atoms with Crippen LogP contribution in [0.1, 0.15) is 68.2 Å². The van der Waals surface area contributed by atoms with Gasteiger partial charge in [0.2, 0.25) is 0 Å². The lowest BCUT2D eigenvalue weighted by atomic mass is 9.60. The maximum atomic E-state index is 14.6. The number of rotatable bonds is 9. The van der Waals surface area contributed by atoms with Gasteiger partial charge in [-0.15, -0.1) is 0 Å². The van der Waals surface area contributed by atoms with Crippen LogP contribution in [0.5, 0.6) is 0 Å². The van der Waals surface area contributed by atoms with Crippen LogP contribution in [0.15, 0.2) is 0 Å². The quantitative estimate of drug-likeness (QED) is 0.448. The lowest BCUT2D eigenvalue weighted by molar-refractivity contribution is -0.321. The molecule has 0 rings (SSSR count). The van der Waals surface area contributed by atoms with Gasteiger partial charge in [-0.3, -0.25) is 0 Å². The summed E-state index contributed by atoms with van der Waals surface area (Å²) in [6.45, 7) is 10.0. The fourth-order valence-electron chi connectivity index (χ4n) is 2.14. The number of halogens is 5. The summed E-state index contributed by atoms with van der Waals surface area (Å²) in [4.78, 5) is 0. The molecular formula is C17H31F5O. The lowest BCUT2D eigenvalue weighted by Gasteiger charge is -2.50. The maximum Gasteiger partial charge on any atom is 0.343 e. The molecule has 0 saturated heterocycles. The van der Waals surface area contributed by atoms with Crippen molar-refractivity contribution in [1.82, 2.24) is 0 Å². The van der Waals surface area contributed by atoms with Crippen LogP contribution in [0.2, 0.25) is 0 Å². The van der Waals surface area contributed by atoms with Crippen LogP contribution in [0.3, 0.4) is 0 Å². The van der Waals surface area contributed by atoms with Crippen molar-refractivity contribution >= 4 is 0 Å². The number of ether oxygens (including phenoxy) is 1. The van der Waals surface area contributed by atoms with Gasteiger partial charge in [0.15, 0.2) is 5.67 Å². The monoisotopic (exact) mass is 346 g/mol. The zero-order valence-corrected chi connectivity index (χ0v) is 15.5. The Morgan fingerprint density at radius 1 is 0.826 bits per heavy atom. The summed E-state index contributed by atoms with van der Waals surface area (Å²) in [7, 11) is 0. The van der Waals surface area contributed by atoms with Gasteiger partial charge in [-0.25, -0.2) is 4.39 Å². The van der Waals surface area contributed by atoms with Crippen molar-refractivity contribution < 1.29 is 26.7 Å². The third-order valence-corrected chi connectivity index (χ3v) is 5.32. The Labute approximate surface area is 137 Å². The van der Waals surface area contributed by atoms with E-state index in [9.17, 15) is 22.0 Å². The average molecular weight is 346 g/mol. The molecule has 1 nitrogen and oxygen atoms in total. The van der Waals surface area contributed by atoms with E-state index in [-0.39, 0.29) is 19.1 Å². The summed E-state index contributed by atoms with van der Waals surface area (Å²) in [6, 6.07) is 0. The van der Waals surface area contributed by atoms with Gasteiger partial charge in [-0.1, -0.05) is 34.6 Å². The molecule has 0 fully saturated rings. The molecule has 0 aliphatic carbocycles. The van der Waals surface area contributed by atoms with E-state index in [1.54, 1.807) is 0 Å². The zero-order chi connectivity index (χ0) is 18.9. The van der Waals surface area contributed by atoms with E-state index in [1.807, 2.05) is 13.8 Å². The molecule has 23 heavy (non-hydrogen) atoms. The standard InChI is InChI=1S/C17H31F5O/c1-9-12(2)23-11-10-13(3,4)14(5,6)16(19,20)17(21,22)15(7,8)18/h12H,9-11H2,1-8H3. The SMILES string of the molecule is CCC(C)OCCC(C)(C)C(C)(C)C(F)(F)C(F)(F)C(C)(C)F. The first-order valence-corrected chi connectivity index (χ1v) is 8.02. The molecule has 1 atom stereocenters. The number of alkyl halides is 5. The van der Waals surface area contributed by atoms with E-state index < -0.39 is 28.3 Å². The Bertz CT molecular complexity index is 383. The highest BCUT2D eigenvalue weighted by Crippen LogP contribution is 2.59. The van der Waals surface area contributed by atoms with Gasteiger partial charge in [0, 0.05) is 12.0 Å². The third-order valence-electron chi connectivity index (χ3n) is 5.32. The molecule has 0 aromatic heterocycles. The Morgan fingerprint density at radius 2 is 1.26 bits per heavy atom. The molecule has 0 spiro atoms. The van der Waals surface area contributed by atoms with Crippen LogP contribution in [0, 0.1) is 10.8 Å². The highest BCUT2D eigenvalue weighted by atomic mass is 19.3.